The first-order valence-electron chi connectivity index (χ1n) is 6.54. The fourth-order valence-electron chi connectivity index (χ4n) is 2.03. The van der Waals surface area contributed by atoms with Crippen molar-refractivity contribution in [3.63, 3.8) is 0 Å². The Morgan fingerprint density at radius 1 is 1.22 bits per heavy atom. The molecule has 0 saturated carbocycles. The molecular weight excluding hydrogens is 337 g/mol. The van der Waals surface area contributed by atoms with Gasteiger partial charge in [0.05, 0.1) is 4.88 Å². The van der Waals surface area contributed by atoms with Crippen LogP contribution in [0.2, 0.25) is 0 Å². The maximum atomic E-state index is 13.2. The molecule has 0 fully saturated rings. The smallest absolute Gasteiger partial charge is 0.257 e. The Bertz CT molecular complexity index is 992. The number of anilines is 1. The number of hydrogen-bond donors (Lipinski definition) is 1. The fraction of sp³-hybridized carbons (Fsp3) is 0. The highest BCUT2D eigenvalue weighted by Gasteiger charge is 2.16. The fourth-order valence-corrected chi connectivity index (χ4v) is 3.45. The normalized spacial score (nSPS) is 11.0. The van der Waals surface area contributed by atoms with Gasteiger partial charge < -0.3 is 0 Å². The third-order valence-corrected chi connectivity index (χ3v) is 4.72. The van der Waals surface area contributed by atoms with Gasteiger partial charge in [-0.2, -0.15) is 4.52 Å². The third-order valence-electron chi connectivity index (χ3n) is 3.04. The van der Waals surface area contributed by atoms with Crippen molar-refractivity contribution in [3.8, 4) is 10.7 Å². The van der Waals surface area contributed by atoms with Gasteiger partial charge in [0.2, 0.25) is 10.1 Å². The number of thiophene rings is 1. The summed E-state index contributed by atoms with van der Waals surface area (Å²) in [7, 11) is 0. The van der Waals surface area contributed by atoms with Crippen molar-refractivity contribution < 1.29 is 9.18 Å². The SMILES string of the molecule is O=C(Nc1nn2c(-c3cccs3)nnc2s1)c1cccc(F)c1. The Hall–Kier alpha value is -2.65. The largest absolute Gasteiger partial charge is 0.296 e. The first-order chi connectivity index (χ1) is 11.2. The highest BCUT2D eigenvalue weighted by Crippen LogP contribution is 2.27. The van der Waals surface area contributed by atoms with E-state index in [1.807, 2.05) is 17.5 Å². The number of nitrogens with zero attached hydrogens (tertiary/aromatic N) is 4. The van der Waals surface area contributed by atoms with Crippen molar-refractivity contribution in [1.29, 1.82) is 0 Å². The topological polar surface area (TPSA) is 72.2 Å². The molecule has 6 nitrogen and oxygen atoms in total. The van der Waals surface area contributed by atoms with Crippen LogP contribution in [-0.4, -0.2) is 25.7 Å². The summed E-state index contributed by atoms with van der Waals surface area (Å²) in [6, 6.07) is 9.32. The Labute approximate surface area is 137 Å². The molecular formula is C14H8FN5OS2. The first kappa shape index (κ1) is 14.0. The Balaban J connectivity index is 1.64. The van der Waals surface area contributed by atoms with E-state index in [-0.39, 0.29) is 5.56 Å². The summed E-state index contributed by atoms with van der Waals surface area (Å²) in [5.74, 6) is -0.264. The van der Waals surface area contributed by atoms with Gasteiger partial charge in [-0.05, 0) is 29.6 Å². The molecule has 0 radical (unpaired) electrons. The second-order valence-electron chi connectivity index (χ2n) is 4.57. The Morgan fingerprint density at radius 2 is 2.13 bits per heavy atom. The van der Waals surface area contributed by atoms with Crippen molar-refractivity contribution in [1.82, 2.24) is 19.8 Å². The van der Waals surface area contributed by atoms with Crippen molar-refractivity contribution in [3.05, 3.63) is 53.2 Å². The molecule has 0 spiro atoms. The summed E-state index contributed by atoms with van der Waals surface area (Å²) >= 11 is 2.73. The van der Waals surface area contributed by atoms with Crippen molar-refractivity contribution in [2.45, 2.75) is 0 Å². The number of fused-ring (bicyclic) bond motifs is 1. The standard InChI is InChI=1S/C14H8FN5OS2/c15-9-4-1-3-8(7-9)12(21)16-13-19-20-11(10-5-2-6-22-10)17-18-14(20)23-13/h1-7H,(H,16,19,21). The van der Waals surface area contributed by atoms with Crippen molar-refractivity contribution in [2.24, 2.45) is 0 Å². The van der Waals surface area contributed by atoms with E-state index in [1.165, 1.54) is 46.9 Å². The minimum atomic E-state index is -0.462. The predicted octanol–water partition coefficient (Wildman–Crippen LogP) is 3.31. The van der Waals surface area contributed by atoms with Crippen molar-refractivity contribution >= 4 is 38.7 Å². The summed E-state index contributed by atoms with van der Waals surface area (Å²) in [6.07, 6.45) is 0. The quantitative estimate of drug-likeness (QED) is 0.618. The molecule has 3 aromatic heterocycles. The minimum Gasteiger partial charge on any atom is -0.296 e. The number of benzene rings is 1. The molecule has 0 aliphatic rings. The zero-order valence-corrected chi connectivity index (χ0v) is 13.1. The van der Waals surface area contributed by atoms with Crippen LogP contribution in [0.3, 0.4) is 0 Å². The van der Waals surface area contributed by atoms with Crippen LogP contribution in [-0.2, 0) is 0 Å². The summed E-state index contributed by atoms with van der Waals surface area (Å²) < 4.78 is 14.8. The van der Waals surface area contributed by atoms with Crippen LogP contribution in [0, 0.1) is 5.82 Å². The molecule has 1 amide bonds. The lowest BCUT2D eigenvalue weighted by molar-refractivity contribution is 0.102. The van der Waals surface area contributed by atoms with E-state index in [0.717, 1.165) is 4.88 Å². The summed E-state index contributed by atoms with van der Waals surface area (Å²) in [6.45, 7) is 0. The average molecular weight is 345 g/mol. The average Bonchev–Trinajstić information content (AvgIpc) is 3.23. The summed E-state index contributed by atoms with van der Waals surface area (Å²) in [5, 5.41) is 17.4. The van der Waals surface area contributed by atoms with Crippen LogP contribution < -0.4 is 5.32 Å². The Kier molecular flexibility index (Phi) is 3.36. The summed E-state index contributed by atoms with van der Waals surface area (Å²) in [4.78, 5) is 13.6. The molecule has 0 atom stereocenters. The molecule has 3 heterocycles. The number of halogens is 1. The number of aromatic nitrogens is 4. The van der Waals surface area contributed by atoms with Gasteiger partial charge in [-0.15, -0.1) is 26.6 Å². The monoisotopic (exact) mass is 345 g/mol. The number of amides is 1. The van der Waals surface area contributed by atoms with Gasteiger partial charge in [0.25, 0.3) is 5.91 Å². The zero-order valence-electron chi connectivity index (χ0n) is 11.4. The predicted molar refractivity (Wildman–Crippen MR) is 86.3 cm³/mol. The molecule has 0 aliphatic heterocycles. The van der Waals surface area contributed by atoms with Gasteiger partial charge in [-0.25, -0.2) is 4.39 Å². The van der Waals surface area contributed by atoms with Gasteiger partial charge in [0.15, 0.2) is 5.82 Å². The van der Waals surface area contributed by atoms with Crippen LogP contribution in [0.25, 0.3) is 15.7 Å². The maximum absolute atomic E-state index is 13.2. The number of carbonyl (C=O) groups is 1. The Morgan fingerprint density at radius 3 is 2.91 bits per heavy atom. The van der Waals surface area contributed by atoms with E-state index in [4.69, 9.17) is 0 Å². The van der Waals surface area contributed by atoms with Gasteiger partial charge in [-0.1, -0.05) is 23.5 Å². The van der Waals surface area contributed by atoms with Gasteiger partial charge in [0, 0.05) is 5.56 Å². The van der Waals surface area contributed by atoms with E-state index in [0.29, 0.717) is 15.9 Å². The van der Waals surface area contributed by atoms with Crippen LogP contribution in [0.15, 0.2) is 41.8 Å². The second-order valence-corrected chi connectivity index (χ2v) is 6.47. The number of carbonyl (C=O) groups excluding carboxylic acids is 1. The lowest BCUT2D eigenvalue weighted by Crippen LogP contribution is -2.12. The molecule has 9 heteroatoms. The molecule has 0 saturated heterocycles. The summed E-state index contributed by atoms with van der Waals surface area (Å²) in [5.41, 5.74) is 0.231. The molecule has 1 aromatic carbocycles. The number of nitrogens with one attached hydrogen (secondary N) is 1. The second kappa shape index (κ2) is 5.52. The maximum Gasteiger partial charge on any atom is 0.257 e. The van der Waals surface area contributed by atoms with Gasteiger partial charge >= 0.3 is 0 Å². The molecule has 114 valence electrons. The molecule has 23 heavy (non-hydrogen) atoms. The lowest BCUT2D eigenvalue weighted by atomic mass is 10.2. The molecule has 0 unspecified atom stereocenters. The van der Waals surface area contributed by atoms with E-state index < -0.39 is 11.7 Å². The van der Waals surface area contributed by atoms with Crippen molar-refractivity contribution in [2.75, 3.05) is 5.32 Å². The molecule has 4 aromatic rings. The van der Waals surface area contributed by atoms with Crippen LogP contribution >= 0.6 is 22.7 Å². The van der Waals surface area contributed by atoms with Gasteiger partial charge in [-0.3, -0.25) is 10.1 Å². The molecule has 1 N–H and O–H groups in total. The van der Waals surface area contributed by atoms with E-state index in [9.17, 15) is 9.18 Å². The lowest BCUT2D eigenvalue weighted by Gasteiger charge is -2.00. The van der Waals surface area contributed by atoms with Crippen LogP contribution in [0.4, 0.5) is 9.52 Å². The van der Waals surface area contributed by atoms with Gasteiger partial charge in [0.1, 0.15) is 5.82 Å². The van der Waals surface area contributed by atoms with E-state index in [2.05, 4.69) is 20.6 Å². The van der Waals surface area contributed by atoms with Crippen LogP contribution in [0.1, 0.15) is 10.4 Å². The number of rotatable bonds is 3. The first-order valence-corrected chi connectivity index (χ1v) is 8.23. The number of hydrogen-bond acceptors (Lipinski definition) is 6. The third kappa shape index (κ3) is 2.60. The molecule has 4 rings (SSSR count). The zero-order chi connectivity index (χ0) is 15.8. The highest BCUT2D eigenvalue weighted by atomic mass is 32.1. The van der Waals surface area contributed by atoms with Crippen LogP contribution in [0.5, 0.6) is 0 Å². The minimum absolute atomic E-state index is 0.231. The highest BCUT2D eigenvalue weighted by molar-refractivity contribution is 7.20. The van der Waals surface area contributed by atoms with E-state index in [1.54, 1.807) is 4.52 Å². The molecule has 0 bridgehead atoms. The van der Waals surface area contributed by atoms with E-state index >= 15 is 0 Å². The molecule has 0 aliphatic carbocycles.